The summed E-state index contributed by atoms with van der Waals surface area (Å²) in [7, 11) is 0. The summed E-state index contributed by atoms with van der Waals surface area (Å²) in [6, 6.07) is 28.6. The Morgan fingerprint density at radius 2 is 1.58 bits per heavy atom. The van der Waals surface area contributed by atoms with E-state index in [1.54, 1.807) is 11.1 Å². The number of nitrogens with one attached hydrogen (secondary N) is 1. The van der Waals surface area contributed by atoms with Gasteiger partial charge in [0.15, 0.2) is 5.82 Å². The fourth-order valence-electron chi connectivity index (χ4n) is 3.10. The van der Waals surface area contributed by atoms with Gasteiger partial charge in [0.2, 0.25) is 6.41 Å². The number of amides is 1. The number of anilines is 3. The van der Waals surface area contributed by atoms with E-state index < -0.39 is 0 Å². The zero-order valence-corrected chi connectivity index (χ0v) is 18.2. The molecule has 154 valence electrons. The molecule has 0 bridgehead atoms. The molecule has 1 aromatic heterocycles. The molecule has 0 aliphatic carbocycles. The summed E-state index contributed by atoms with van der Waals surface area (Å²) in [5.74, 6) is 2.07. The standard InChI is InChI=1S/C25H20BrN3O2/c26-23-10-5-4-7-19(23)17-28-25-24(11-6-16-27-25)29(18-30)20-12-14-22(15-13-20)31-21-8-2-1-3-9-21/h1-16,18H,17H2,(H,27,28). The molecule has 0 unspecified atom stereocenters. The van der Waals surface area contributed by atoms with Gasteiger partial charge in [-0.1, -0.05) is 52.3 Å². The molecule has 1 N–H and O–H groups in total. The lowest BCUT2D eigenvalue weighted by Crippen LogP contribution is -2.17. The molecule has 4 aromatic rings. The normalized spacial score (nSPS) is 10.4. The number of rotatable bonds is 8. The summed E-state index contributed by atoms with van der Waals surface area (Å²) >= 11 is 3.56. The highest BCUT2D eigenvalue weighted by molar-refractivity contribution is 9.10. The van der Waals surface area contributed by atoms with Crippen molar-refractivity contribution < 1.29 is 9.53 Å². The van der Waals surface area contributed by atoms with Gasteiger partial charge in [0, 0.05) is 22.9 Å². The first-order chi connectivity index (χ1) is 15.2. The highest BCUT2D eigenvalue weighted by atomic mass is 79.9. The third-order valence-corrected chi connectivity index (χ3v) is 5.42. The van der Waals surface area contributed by atoms with Crippen molar-refractivity contribution in [3.8, 4) is 11.5 Å². The lowest BCUT2D eigenvalue weighted by molar-refractivity contribution is -0.106. The van der Waals surface area contributed by atoms with Crippen LogP contribution in [0.2, 0.25) is 0 Å². The quantitative estimate of drug-likeness (QED) is 0.295. The van der Waals surface area contributed by atoms with Crippen molar-refractivity contribution in [2.75, 3.05) is 10.2 Å². The van der Waals surface area contributed by atoms with Gasteiger partial charge >= 0.3 is 0 Å². The van der Waals surface area contributed by atoms with Gasteiger partial charge in [0.05, 0.1) is 5.69 Å². The molecule has 5 nitrogen and oxygen atoms in total. The minimum absolute atomic E-state index is 0.571. The van der Waals surface area contributed by atoms with Crippen LogP contribution in [0.1, 0.15) is 5.56 Å². The summed E-state index contributed by atoms with van der Waals surface area (Å²) < 4.78 is 6.85. The van der Waals surface area contributed by atoms with E-state index in [1.165, 1.54) is 0 Å². The SMILES string of the molecule is O=CN(c1ccc(Oc2ccccc2)cc1)c1cccnc1NCc1ccccc1Br. The highest BCUT2D eigenvalue weighted by Crippen LogP contribution is 2.32. The first kappa shape index (κ1) is 20.6. The lowest BCUT2D eigenvalue weighted by Gasteiger charge is -2.21. The Morgan fingerprint density at radius 1 is 0.871 bits per heavy atom. The molecule has 0 radical (unpaired) electrons. The average molecular weight is 474 g/mol. The molecule has 0 saturated heterocycles. The molecule has 31 heavy (non-hydrogen) atoms. The van der Waals surface area contributed by atoms with E-state index in [1.807, 2.05) is 91.0 Å². The van der Waals surface area contributed by atoms with E-state index in [9.17, 15) is 4.79 Å². The summed E-state index contributed by atoms with van der Waals surface area (Å²) in [6.07, 6.45) is 2.49. The second kappa shape index (κ2) is 9.91. The Hall–Kier alpha value is -3.64. The predicted molar refractivity (Wildman–Crippen MR) is 127 cm³/mol. The minimum atomic E-state index is 0.571. The zero-order valence-electron chi connectivity index (χ0n) is 16.6. The number of pyridine rings is 1. The molecule has 1 heterocycles. The summed E-state index contributed by atoms with van der Waals surface area (Å²) in [5, 5.41) is 3.33. The van der Waals surface area contributed by atoms with Crippen molar-refractivity contribution in [1.82, 2.24) is 4.98 Å². The van der Waals surface area contributed by atoms with Crippen LogP contribution in [0, 0.1) is 0 Å². The van der Waals surface area contributed by atoms with Crippen LogP contribution >= 0.6 is 15.9 Å². The second-order valence-electron chi connectivity index (χ2n) is 6.70. The molecule has 6 heteroatoms. The number of aromatic nitrogens is 1. The summed E-state index contributed by atoms with van der Waals surface area (Å²) in [5.41, 5.74) is 2.48. The Morgan fingerprint density at radius 3 is 2.32 bits per heavy atom. The molecular weight excluding hydrogens is 454 g/mol. The Bertz CT molecular complexity index is 1150. The number of hydrogen-bond donors (Lipinski definition) is 1. The molecule has 1 amide bonds. The predicted octanol–water partition coefficient (Wildman–Crippen LogP) is 6.54. The van der Waals surface area contributed by atoms with E-state index in [4.69, 9.17) is 4.74 Å². The van der Waals surface area contributed by atoms with E-state index in [0.717, 1.165) is 22.2 Å². The smallest absolute Gasteiger partial charge is 0.218 e. The third-order valence-electron chi connectivity index (χ3n) is 4.65. The first-order valence-electron chi connectivity index (χ1n) is 9.74. The summed E-state index contributed by atoms with van der Waals surface area (Å²) in [6.45, 7) is 0.571. The molecule has 4 rings (SSSR count). The van der Waals surface area contributed by atoms with Crippen LogP contribution < -0.4 is 15.0 Å². The fourth-order valence-corrected chi connectivity index (χ4v) is 3.53. The van der Waals surface area contributed by atoms with Crippen molar-refractivity contribution in [3.05, 3.63) is 107 Å². The van der Waals surface area contributed by atoms with Crippen molar-refractivity contribution in [3.63, 3.8) is 0 Å². The molecule has 0 spiro atoms. The largest absolute Gasteiger partial charge is 0.457 e. The Kier molecular flexibility index (Phi) is 6.59. The first-order valence-corrected chi connectivity index (χ1v) is 10.5. The van der Waals surface area contributed by atoms with Crippen molar-refractivity contribution >= 4 is 39.5 Å². The van der Waals surface area contributed by atoms with Crippen molar-refractivity contribution in [1.29, 1.82) is 0 Å². The van der Waals surface area contributed by atoms with Gasteiger partial charge in [-0.05, 0) is 60.2 Å². The molecular formula is C25H20BrN3O2. The number of nitrogens with zero attached hydrogens (tertiary/aromatic N) is 2. The van der Waals surface area contributed by atoms with Crippen LogP contribution in [-0.2, 0) is 11.3 Å². The number of carbonyl (C=O) groups excluding carboxylic acids is 1. The molecule has 0 aliphatic rings. The summed E-state index contributed by atoms with van der Waals surface area (Å²) in [4.78, 5) is 18.0. The lowest BCUT2D eigenvalue weighted by atomic mass is 10.2. The number of benzene rings is 3. The van der Waals surface area contributed by atoms with Gasteiger partial charge < -0.3 is 10.1 Å². The van der Waals surface area contributed by atoms with Gasteiger partial charge in [0.25, 0.3) is 0 Å². The van der Waals surface area contributed by atoms with Crippen molar-refractivity contribution in [2.24, 2.45) is 0 Å². The molecule has 3 aromatic carbocycles. The van der Waals surface area contributed by atoms with Crippen LogP contribution in [0.15, 0.2) is 102 Å². The van der Waals surface area contributed by atoms with Gasteiger partial charge in [-0.25, -0.2) is 4.98 Å². The highest BCUT2D eigenvalue weighted by Gasteiger charge is 2.14. The maximum Gasteiger partial charge on any atom is 0.218 e. The average Bonchev–Trinajstić information content (AvgIpc) is 2.81. The number of para-hydroxylation sites is 1. The number of halogens is 1. The van der Waals surface area contributed by atoms with Crippen LogP contribution in [0.3, 0.4) is 0 Å². The zero-order chi connectivity index (χ0) is 21.5. The van der Waals surface area contributed by atoms with Gasteiger partial charge in [0.1, 0.15) is 11.5 Å². The minimum Gasteiger partial charge on any atom is -0.457 e. The number of ether oxygens (including phenoxy) is 1. The molecule has 0 aliphatic heterocycles. The topological polar surface area (TPSA) is 54.5 Å². The van der Waals surface area contributed by atoms with E-state index in [2.05, 4.69) is 26.2 Å². The fraction of sp³-hybridized carbons (Fsp3) is 0.0400. The molecule has 0 atom stereocenters. The maximum absolute atomic E-state index is 12.0. The Balaban J connectivity index is 1.54. The van der Waals surface area contributed by atoms with E-state index in [0.29, 0.717) is 29.5 Å². The third kappa shape index (κ3) is 5.10. The van der Waals surface area contributed by atoms with E-state index in [-0.39, 0.29) is 0 Å². The van der Waals surface area contributed by atoms with Gasteiger partial charge in [-0.3, -0.25) is 9.69 Å². The van der Waals surface area contributed by atoms with Crippen LogP contribution in [0.25, 0.3) is 0 Å². The van der Waals surface area contributed by atoms with Crippen LogP contribution in [0.5, 0.6) is 11.5 Å². The maximum atomic E-state index is 12.0. The Labute approximate surface area is 189 Å². The monoisotopic (exact) mass is 473 g/mol. The second-order valence-corrected chi connectivity index (χ2v) is 7.55. The van der Waals surface area contributed by atoms with E-state index >= 15 is 0 Å². The van der Waals surface area contributed by atoms with Crippen LogP contribution in [0.4, 0.5) is 17.2 Å². The van der Waals surface area contributed by atoms with Gasteiger partial charge in [-0.2, -0.15) is 0 Å². The number of carbonyl (C=O) groups is 1. The van der Waals surface area contributed by atoms with Crippen LogP contribution in [-0.4, -0.2) is 11.4 Å². The van der Waals surface area contributed by atoms with Crippen molar-refractivity contribution in [2.45, 2.75) is 6.54 Å². The number of hydrogen-bond acceptors (Lipinski definition) is 4. The van der Waals surface area contributed by atoms with Gasteiger partial charge in [-0.15, -0.1) is 0 Å². The molecule has 0 saturated carbocycles. The molecule has 0 fully saturated rings.